The van der Waals surface area contributed by atoms with Crippen LogP contribution in [0.4, 0.5) is 5.95 Å². The molecule has 0 bridgehead atoms. The fourth-order valence-electron chi connectivity index (χ4n) is 3.98. The molecule has 3 rings (SSSR count). The number of aromatic nitrogens is 2. The van der Waals surface area contributed by atoms with Crippen molar-refractivity contribution < 1.29 is 9.31 Å². The molecule has 0 unspecified atom stereocenters. The fraction of sp³-hybridized carbons (Fsp3) is 0.800. The second-order valence-corrected chi connectivity index (χ2v) is 9.27. The number of nitrogens with two attached hydrogens (primary N) is 1. The molecule has 0 radical (unpaired) electrons. The van der Waals surface area contributed by atoms with E-state index < -0.39 is 7.12 Å². The number of piperidine rings is 1. The minimum Gasteiger partial charge on any atom is -0.399 e. The highest BCUT2D eigenvalue weighted by Gasteiger charge is 2.52. The molecule has 28 heavy (non-hydrogen) atoms. The van der Waals surface area contributed by atoms with E-state index in [1.54, 1.807) is 0 Å². The third-order valence-electron chi connectivity index (χ3n) is 6.37. The Balaban J connectivity index is 1.70. The first kappa shape index (κ1) is 21.5. The zero-order valence-electron chi connectivity index (χ0n) is 18.3. The number of nitrogens with zero attached hydrogens (tertiary/aromatic N) is 4. The van der Waals surface area contributed by atoms with Gasteiger partial charge in [-0.2, -0.15) is 0 Å². The van der Waals surface area contributed by atoms with Crippen molar-refractivity contribution in [1.29, 1.82) is 0 Å². The average Bonchev–Trinajstić information content (AvgIpc) is 2.85. The van der Waals surface area contributed by atoms with Crippen LogP contribution in [0.15, 0.2) is 12.4 Å². The summed E-state index contributed by atoms with van der Waals surface area (Å²) in [5.41, 5.74) is 5.84. The van der Waals surface area contributed by atoms with Crippen LogP contribution < -0.4 is 16.1 Å². The maximum absolute atomic E-state index is 6.12. The number of likely N-dealkylation sites (tertiary alicyclic amines) is 1. The van der Waals surface area contributed by atoms with Crippen molar-refractivity contribution in [3.63, 3.8) is 0 Å². The smallest absolute Gasteiger partial charge is 0.399 e. The summed E-state index contributed by atoms with van der Waals surface area (Å²) in [7, 11) is -0.425. The second-order valence-electron chi connectivity index (χ2n) is 9.27. The normalized spacial score (nSPS) is 22.8. The molecule has 0 amide bonds. The Morgan fingerprint density at radius 1 is 1.14 bits per heavy atom. The lowest BCUT2D eigenvalue weighted by Crippen LogP contribution is -2.49. The summed E-state index contributed by atoms with van der Waals surface area (Å²) in [5.74, 6) is 0.785. The highest BCUT2D eigenvalue weighted by molar-refractivity contribution is 6.61. The van der Waals surface area contributed by atoms with E-state index in [9.17, 15) is 0 Å². The number of hydrogen-bond donors (Lipinski definition) is 1. The maximum atomic E-state index is 6.12. The van der Waals surface area contributed by atoms with Gasteiger partial charge in [0.2, 0.25) is 5.95 Å². The topological polar surface area (TPSA) is 76.7 Å². The molecule has 1 aromatic rings. The molecule has 2 saturated heterocycles. The zero-order valence-corrected chi connectivity index (χ0v) is 18.3. The average molecular weight is 389 g/mol. The van der Waals surface area contributed by atoms with Gasteiger partial charge in [0.15, 0.2) is 0 Å². The number of rotatable bonds is 6. The molecule has 2 aliphatic rings. The van der Waals surface area contributed by atoms with Gasteiger partial charge in [0, 0.05) is 56.1 Å². The molecule has 156 valence electrons. The molecule has 0 aliphatic carbocycles. The van der Waals surface area contributed by atoms with Crippen LogP contribution in [0.3, 0.4) is 0 Å². The first-order valence-electron chi connectivity index (χ1n) is 10.5. The van der Waals surface area contributed by atoms with Gasteiger partial charge in [-0.1, -0.05) is 0 Å². The molecule has 2 N–H and O–H groups in total. The third kappa shape index (κ3) is 4.35. The summed E-state index contributed by atoms with van der Waals surface area (Å²) >= 11 is 0. The van der Waals surface area contributed by atoms with Gasteiger partial charge in [0.1, 0.15) is 0 Å². The van der Waals surface area contributed by atoms with E-state index >= 15 is 0 Å². The van der Waals surface area contributed by atoms with Crippen LogP contribution in [0.1, 0.15) is 54.4 Å². The predicted octanol–water partition coefficient (Wildman–Crippen LogP) is 1.41. The summed E-state index contributed by atoms with van der Waals surface area (Å²) in [5, 5.41) is 0. The minimum absolute atomic E-state index is 0.341. The highest BCUT2D eigenvalue weighted by atomic mass is 16.7. The van der Waals surface area contributed by atoms with Crippen molar-refractivity contribution in [2.75, 3.05) is 31.1 Å². The van der Waals surface area contributed by atoms with E-state index in [0.717, 1.165) is 50.4 Å². The van der Waals surface area contributed by atoms with E-state index in [-0.39, 0.29) is 11.2 Å². The lowest BCUT2D eigenvalue weighted by Gasteiger charge is -2.40. The van der Waals surface area contributed by atoms with Crippen LogP contribution in [0.5, 0.6) is 0 Å². The Labute approximate surface area is 170 Å². The largest absolute Gasteiger partial charge is 0.498 e. The first-order chi connectivity index (χ1) is 13.1. The first-order valence-corrected chi connectivity index (χ1v) is 10.5. The molecule has 2 fully saturated rings. The molecule has 1 aromatic heterocycles. The molecule has 2 aliphatic heterocycles. The highest BCUT2D eigenvalue weighted by Crippen LogP contribution is 2.36. The Hall–Kier alpha value is -1.22. The van der Waals surface area contributed by atoms with E-state index in [4.69, 9.17) is 25.0 Å². The zero-order chi connectivity index (χ0) is 20.5. The van der Waals surface area contributed by atoms with Crippen molar-refractivity contribution >= 4 is 18.5 Å². The summed E-state index contributed by atoms with van der Waals surface area (Å²) in [6.45, 7) is 16.5. The number of hydrogen-bond acceptors (Lipinski definition) is 7. The fourth-order valence-corrected chi connectivity index (χ4v) is 3.98. The van der Waals surface area contributed by atoms with Gasteiger partial charge in [-0.25, -0.2) is 9.97 Å². The van der Waals surface area contributed by atoms with Crippen LogP contribution >= 0.6 is 0 Å². The summed E-state index contributed by atoms with van der Waals surface area (Å²) in [6.07, 6.45) is 5.92. The lowest BCUT2D eigenvalue weighted by atomic mass is 9.81. The van der Waals surface area contributed by atoms with E-state index in [1.165, 1.54) is 0 Å². The van der Waals surface area contributed by atoms with Crippen molar-refractivity contribution in [3.8, 4) is 0 Å². The molecular formula is C20H36BN5O2. The standard InChI is InChI=1S/C20H36BN5O2/c1-15(2)26(17-7-10-25(11-8-17)12-9-22)18-23-13-16(14-24-18)21-27-19(3,4)20(5,6)28-21/h13-15,17H,7-12,22H2,1-6H3. The molecule has 0 spiro atoms. The summed E-state index contributed by atoms with van der Waals surface area (Å²) in [6, 6.07) is 0.797. The predicted molar refractivity (Wildman–Crippen MR) is 114 cm³/mol. The maximum Gasteiger partial charge on any atom is 0.498 e. The molecular weight excluding hydrogens is 353 g/mol. The monoisotopic (exact) mass is 389 g/mol. The summed E-state index contributed by atoms with van der Waals surface area (Å²) < 4.78 is 12.2. The second kappa shape index (κ2) is 8.26. The van der Waals surface area contributed by atoms with Crippen molar-refractivity contribution in [1.82, 2.24) is 14.9 Å². The van der Waals surface area contributed by atoms with E-state index in [2.05, 4.69) is 51.3 Å². The molecule has 7 nitrogen and oxygen atoms in total. The third-order valence-corrected chi connectivity index (χ3v) is 6.37. The molecule has 0 atom stereocenters. The minimum atomic E-state index is -0.425. The van der Waals surface area contributed by atoms with E-state index in [1.807, 2.05) is 12.4 Å². The van der Waals surface area contributed by atoms with E-state index in [0.29, 0.717) is 12.1 Å². The SMILES string of the molecule is CC(C)N(c1ncc(B2OC(C)(C)C(C)(C)O2)cn1)C1CCN(CCN)CC1. The van der Waals surface area contributed by atoms with Gasteiger partial charge in [-0.15, -0.1) is 0 Å². The molecule has 0 aromatic carbocycles. The summed E-state index contributed by atoms with van der Waals surface area (Å²) in [4.78, 5) is 14.2. The van der Waals surface area contributed by atoms with Gasteiger partial charge < -0.3 is 24.8 Å². The van der Waals surface area contributed by atoms with Crippen LogP contribution in [0.2, 0.25) is 0 Å². The Bertz CT molecular complexity index is 629. The number of anilines is 1. The Morgan fingerprint density at radius 2 is 1.68 bits per heavy atom. The van der Waals surface area contributed by atoms with Crippen molar-refractivity contribution in [2.24, 2.45) is 5.73 Å². The van der Waals surface area contributed by atoms with Gasteiger partial charge in [0.25, 0.3) is 0 Å². The van der Waals surface area contributed by atoms with Crippen molar-refractivity contribution in [3.05, 3.63) is 12.4 Å². The van der Waals surface area contributed by atoms with Gasteiger partial charge in [0.05, 0.1) is 11.2 Å². The Morgan fingerprint density at radius 3 is 2.14 bits per heavy atom. The molecule has 0 saturated carbocycles. The van der Waals surface area contributed by atoms with Gasteiger partial charge >= 0.3 is 7.12 Å². The van der Waals surface area contributed by atoms with Crippen LogP contribution in [0, 0.1) is 0 Å². The lowest BCUT2D eigenvalue weighted by molar-refractivity contribution is 0.00578. The van der Waals surface area contributed by atoms with Crippen LogP contribution in [-0.2, 0) is 9.31 Å². The Kier molecular flexibility index (Phi) is 6.34. The van der Waals surface area contributed by atoms with Gasteiger partial charge in [-0.05, 0) is 54.4 Å². The quantitative estimate of drug-likeness (QED) is 0.738. The molecule has 8 heteroatoms. The van der Waals surface area contributed by atoms with Crippen molar-refractivity contribution in [2.45, 2.75) is 77.7 Å². The van der Waals surface area contributed by atoms with Crippen LogP contribution in [0.25, 0.3) is 0 Å². The van der Waals surface area contributed by atoms with Crippen LogP contribution in [-0.4, -0.2) is 71.5 Å². The molecule has 3 heterocycles. The van der Waals surface area contributed by atoms with Gasteiger partial charge in [-0.3, -0.25) is 0 Å².